The summed E-state index contributed by atoms with van der Waals surface area (Å²) in [6, 6.07) is 29.7. The summed E-state index contributed by atoms with van der Waals surface area (Å²) < 4.78 is 33.0. The van der Waals surface area contributed by atoms with Crippen molar-refractivity contribution in [3.8, 4) is 11.4 Å². The molecular formula is C54H50F2N4O2S2. The third-order valence-corrected chi connectivity index (χ3v) is 17.2. The Morgan fingerprint density at radius 1 is 0.609 bits per heavy atom. The van der Waals surface area contributed by atoms with Gasteiger partial charge in [-0.15, -0.1) is 22.7 Å². The molecular weight excluding hydrogens is 839 g/mol. The van der Waals surface area contributed by atoms with Gasteiger partial charge in [-0.3, -0.25) is 0 Å². The normalized spacial score (nSPS) is 23.1. The number of halogens is 2. The van der Waals surface area contributed by atoms with Gasteiger partial charge in [0.1, 0.15) is 11.6 Å². The summed E-state index contributed by atoms with van der Waals surface area (Å²) in [5.74, 6) is 0.363. The topological polar surface area (TPSA) is 76.1 Å². The lowest BCUT2D eigenvalue weighted by Gasteiger charge is -2.37. The molecule has 0 radical (unpaired) electrons. The van der Waals surface area contributed by atoms with E-state index in [0.29, 0.717) is 11.8 Å². The van der Waals surface area contributed by atoms with Crippen molar-refractivity contribution < 1.29 is 19.0 Å². The second-order valence-corrected chi connectivity index (χ2v) is 20.6. The van der Waals surface area contributed by atoms with E-state index in [1.807, 2.05) is 33.9 Å². The smallest absolute Gasteiger partial charge is 0.123 e. The zero-order valence-corrected chi connectivity index (χ0v) is 37.6. The van der Waals surface area contributed by atoms with Crippen LogP contribution in [0.1, 0.15) is 98.2 Å². The van der Waals surface area contributed by atoms with Crippen LogP contribution in [-0.2, 0) is 12.8 Å². The summed E-state index contributed by atoms with van der Waals surface area (Å²) in [5, 5.41) is 38.2. The van der Waals surface area contributed by atoms with Gasteiger partial charge in [-0.1, -0.05) is 61.4 Å². The van der Waals surface area contributed by atoms with Crippen LogP contribution in [0.15, 0.2) is 131 Å². The zero-order chi connectivity index (χ0) is 43.7. The number of nitrogens with zero attached hydrogens (tertiary/aromatic N) is 4. The highest BCUT2D eigenvalue weighted by Gasteiger charge is 2.47. The molecule has 324 valence electrons. The fraction of sp³-hybridized carbons (Fsp3) is 0.296. The minimum absolute atomic E-state index is 0.0382. The SMILES string of the molecule is C[C@]12Cc3cnn(-c4ccc(F)cc4)c3C=C1CC[C@@H]2C[C@@H](O)c1csc2ccccc12.C[C@]12Cc3cnn(-c4ccc(F)cc4)c3C=C1CC[C@@H]2C[C@H](O)c1csc2ccccc12. The first-order valence-electron chi connectivity index (χ1n) is 22.4. The van der Waals surface area contributed by atoms with E-state index in [4.69, 9.17) is 0 Å². The second-order valence-electron chi connectivity index (χ2n) is 18.8. The highest BCUT2D eigenvalue weighted by atomic mass is 32.1. The number of thiophene rings is 2. The van der Waals surface area contributed by atoms with Gasteiger partial charge in [0.25, 0.3) is 0 Å². The van der Waals surface area contributed by atoms with Crippen LogP contribution >= 0.6 is 22.7 Å². The molecule has 6 nitrogen and oxygen atoms in total. The van der Waals surface area contributed by atoms with Gasteiger partial charge in [0, 0.05) is 9.40 Å². The van der Waals surface area contributed by atoms with Gasteiger partial charge < -0.3 is 10.2 Å². The molecule has 4 heterocycles. The van der Waals surface area contributed by atoms with Crippen LogP contribution in [-0.4, -0.2) is 29.8 Å². The number of fused-ring (bicyclic) bond motifs is 6. The van der Waals surface area contributed by atoms with Crippen molar-refractivity contribution >= 4 is 55.0 Å². The predicted molar refractivity (Wildman–Crippen MR) is 255 cm³/mol. The first kappa shape index (κ1) is 41.2. The molecule has 0 unspecified atom stereocenters. The van der Waals surface area contributed by atoms with Crippen LogP contribution in [0.25, 0.3) is 43.7 Å². The van der Waals surface area contributed by atoms with Crippen molar-refractivity contribution in [2.45, 2.75) is 77.4 Å². The zero-order valence-electron chi connectivity index (χ0n) is 35.9. The molecule has 0 aliphatic heterocycles. The molecule has 4 aromatic heterocycles. The Hall–Kier alpha value is -5.52. The number of rotatable bonds is 8. The molecule has 4 aliphatic carbocycles. The van der Waals surface area contributed by atoms with Gasteiger partial charge in [0.15, 0.2) is 0 Å². The van der Waals surface area contributed by atoms with Crippen LogP contribution in [0.4, 0.5) is 8.78 Å². The first-order valence-corrected chi connectivity index (χ1v) is 24.2. The van der Waals surface area contributed by atoms with E-state index in [1.165, 1.54) is 66.7 Å². The highest BCUT2D eigenvalue weighted by Crippen LogP contribution is 2.57. The number of aliphatic hydroxyl groups is 2. The number of hydrogen-bond acceptors (Lipinski definition) is 6. The Morgan fingerprint density at radius 3 is 1.44 bits per heavy atom. The van der Waals surface area contributed by atoms with Crippen molar-refractivity contribution in [1.82, 2.24) is 19.6 Å². The number of aromatic nitrogens is 4. The standard InChI is InChI=1S/2C27H25FN2OS/c2*1-27-14-17-15-29-30(21-10-8-20(28)9-11-21)24(17)12-18(27)6-7-19(27)13-25(31)23-16-32-26-5-3-2-4-22(23)26/h2*2-5,8-12,15-16,19,25,31H,6-7,13-14H2,1H3/t19-,25+,27+;19-,25-,27+/m11/s1. The van der Waals surface area contributed by atoms with Crippen LogP contribution < -0.4 is 0 Å². The van der Waals surface area contributed by atoms with Crippen LogP contribution in [0.2, 0.25) is 0 Å². The largest absolute Gasteiger partial charge is 0.388 e. The van der Waals surface area contributed by atoms with E-state index in [1.54, 1.807) is 46.9 Å². The van der Waals surface area contributed by atoms with Crippen LogP contribution in [0, 0.1) is 34.3 Å². The van der Waals surface area contributed by atoms with Crippen LogP contribution in [0.5, 0.6) is 0 Å². The minimum Gasteiger partial charge on any atom is -0.388 e. The summed E-state index contributed by atoms with van der Waals surface area (Å²) in [7, 11) is 0. The fourth-order valence-corrected chi connectivity index (χ4v) is 13.5. The van der Waals surface area contributed by atoms with E-state index in [9.17, 15) is 19.0 Å². The van der Waals surface area contributed by atoms with E-state index in [0.717, 1.165) is 85.3 Å². The Morgan fingerprint density at radius 2 is 1.02 bits per heavy atom. The molecule has 8 aromatic rings. The number of hydrogen-bond donors (Lipinski definition) is 2. The van der Waals surface area contributed by atoms with Gasteiger partial charge in [0.2, 0.25) is 0 Å². The Bertz CT molecular complexity index is 2880. The number of benzene rings is 4. The first-order chi connectivity index (χ1) is 31.1. The molecule has 0 amide bonds. The molecule has 2 saturated carbocycles. The van der Waals surface area contributed by atoms with E-state index in [-0.39, 0.29) is 22.5 Å². The third kappa shape index (κ3) is 7.10. The lowest BCUT2D eigenvalue weighted by Crippen LogP contribution is -2.30. The minimum atomic E-state index is -0.448. The monoisotopic (exact) mass is 888 g/mol. The molecule has 64 heavy (non-hydrogen) atoms. The molecule has 4 aliphatic rings. The maximum Gasteiger partial charge on any atom is 0.123 e. The Balaban J connectivity index is 0.000000143. The Labute approximate surface area is 379 Å². The van der Waals surface area contributed by atoms with Gasteiger partial charge >= 0.3 is 0 Å². The van der Waals surface area contributed by atoms with Crippen molar-refractivity contribution in [3.63, 3.8) is 0 Å². The van der Waals surface area contributed by atoms with E-state index in [2.05, 4.69) is 83.4 Å². The maximum atomic E-state index is 13.4. The van der Waals surface area contributed by atoms with Gasteiger partial charge in [-0.2, -0.15) is 10.2 Å². The lowest BCUT2D eigenvalue weighted by molar-refractivity contribution is 0.114. The molecule has 2 N–H and O–H groups in total. The summed E-state index contributed by atoms with van der Waals surface area (Å²) in [6.45, 7) is 4.71. The molecule has 6 atom stereocenters. The number of aliphatic hydroxyl groups excluding tert-OH is 2. The highest BCUT2D eigenvalue weighted by molar-refractivity contribution is 7.17. The summed E-state index contributed by atoms with van der Waals surface area (Å²) in [6.07, 6.45) is 15.3. The van der Waals surface area contributed by atoms with Crippen molar-refractivity contribution in [2.24, 2.45) is 22.7 Å². The second kappa shape index (κ2) is 16.2. The average Bonchev–Trinajstić information content (AvgIpc) is 4.17. The molecule has 0 spiro atoms. The van der Waals surface area contributed by atoms with Gasteiger partial charge in [0.05, 0.1) is 47.4 Å². The van der Waals surface area contributed by atoms with Crippen molar-refractivity contribution in [3.05, 3.63) is 177 Å². The van der Waals surface area contributed by atoms with Crippen LogP contribution in [0.3, 0.4) is 0 Å². The molecule has 2 fully saturated rings. The van der Waals surface area contributed by atoms with Crippen molar-refractivity contribution in [1.29, 1.82) is 0 Å². The van der Waals surface area contributed by atoms with E-state index >= 15 is 0 Å². The molecule has 10 heteroatoms. The van der Waals surface area contributed by atoms with Gasteiger partial charge in [-0.25, -0.2) is 18.1 Å². The Kier molecular flexibility index (Phi) is 10.4. The molecule has 12 rings (SSSR count). The van der Waals surface area contributed by atoms with Gasteiger partial charge in [-0.05, 0) is 191 Å². The fourth-order valence-electron chi connectivity index (χ4n) is 11.5. The predicted octanol–water partition coefficient (Wildman–Crippen LogP) is 13.4. The quantitative estimate of drug-likeness (QED) is 0.159. The molecule has 0 saturated heterocycles. The summed E-state index contributed by atoms with van der Waals surface area (Å²) in [5.41, 5.74) is 11.5. The average molecular weight is 889 g/mol. The summed E-state index contributed by atoms with van der Waals surface area (Å²) in [4.78, 5) is 0. The number of allylic oxidation sites excluding steroid dienone is 2. The third-order valence-electron chi connectivity index (χ3n) is 15.2. The van der Waals surface area contributed by atoms with E-state index < -0.39 is 12.2 Å². The lowest BCUT2D eigenvalue weighted by atomic mass is 9.68. The van der Waals surface area contributed by atoms with Crippen molar-refractivity contribution in [2.75, 3.05) is 0 Å². The molecule has 0 bridgehead atoms. The maximum absolute atomic E-state index is 13.4. The molecule has 4 aromatic carbocycles. The summed E-state index contributed by atoms with van der Waals surface area (Å²) >= 11 is 3.42.